The molecule has 8 heteroatoms. The lowest BCUT2D eigenvalue weighted by Crippen LogP contribution is -2.34. The first-order valence-corrected chi connectivity index (χ1v) is 13.1. The van der Waals surface area contributed by atoms with Crippen LogP contribution < -0.4 is 4.90 Å². The van der Waals surface area contributed by atoms with Gasteiger partial charge < -0.3 is 9.47 Å². The maximum atomic E-state index is 5.35. The van der Waals surface area contributed by atoms with E-state index in [1.165, 1.54) is 0 Å². The van der Waals surface area contributed by atoms with Gasteiger partial charge in [0, 0.05) is 42.1 Å². The molecular weight excluding hydrogens is 490 g/mol. The second-order valence-corrected chi connectivity index (χ2v) is 9.60. The molecule has 6 aromatic rings. The summed E-state index contributed by atoms with van der Waals surface area (Å²) in [5, 5.41) is 3.99. The van der Waals surface area contributed by atoms with Crippen molar-refractivity contribution in [3.63, 3.8) is 0 Å². The molecule has 0 spiro atoms. The van der Waals surface area contributed by atoms with E-state index in [4.69, 9.17) is 15.0 Å². The monoisotopic (exact) mass is 511 g/mol. The van der Waals surface area contributed by atoms with E-state index < -0.39 is 6.17 Å². The van der Waals surface area contributed by atoms with Gasteiger partial charge in [0.2, 0.25) is 0 Å². The molecule has 0 amide bonds. The van der Waals surface area contributed by atoms with Gasteiger partial charge in [-0.3, -0.25) is 15.0 Å². The van der Waals surface area contributed by atoms with Gasteiger partial charge in [-0.2, -0.15) is 0 Å². The zero-order chi connectivity index (χ0) is 25.3. The Bertz CT molecular complexity index is 1760. The van der Waals surface area contributed by atoms with E-state index in [2.05, 4.69) is 62.0 Å². The highest BCUT2D eigenvalue weighted by Gasteiger charge is 2.37. The number of anilines is 1. The second-order valence-electron chi connectivity index (χ2n) is 8.67. The van der Waals surface area contributed by atoms with Crippen molar-refractivity contribution in [2.24, 2.45) is 4.99 Å². The average molecular weight is 512 g/mol. The molecule has 0 radical (unpaired) electrons. The lowest BCUT2D eigenvalue weighted by Gasteiger charge is -2.38. The van der Waals surface area contributed by atoms with Crippen LogP contribution in [0, 0.1) is 0 Å². The normalized spacial score (nSPS) is 15.6. The molecule has 1 atom stereocenters. The molecule has 2 aromatic carbocycles. The molecule has 0 N–H and O–H groups in total. The predicted octanol–water partition coefficient (Wildman–Crippen LogP) is 6.32. The van der Waals surface area contributed by atoms with Crippen LogP contribution in [0.5, 0.6) is 0 Å². The van der Waals surface area contributed by atoms with Gasteiger partial charge in [0.05, 0.1) is 28.8 Å². The SMILES string of the molecule is c1ccc(N2C(c3ccccn3)=C(n3ccc4ccccc43)C(c3cnccn3)=NC2c2nccs2)cc1. The highest BCUT2D eigenvalue weighted by atomic mass is 32.1. The third-order valence-electron chi connectivity index (χ3n) is 6.45. The van der Waals surface area contributed by atoms with Crippen LogP contribution in [0.2, 0.25) is 0 Å². The van der Waals surface area contributed by atoms with Crippen LogP contribution in [-0.4, -0.2) is 30.2 Å². The van der Waals surface area contributed by atoms with Crippen LogP contribution in [0.4, 0.5) is 5.69 Å². The van der Waals surface area contributed by atoms with Crippen LogP contribution >= 0.6 is 11.3 Å². The van der Waals surface area contributed by atoms with Gasteiger partial charge in [0.25, 0.3) is 0 Å². The van der Waals surface area contributed by atoms with Crippen LogP contribution in [0.25, 0.3) is 22.3 Å². The molecule has 1 aliphatic rings. The standard InChI is InChI=1S/C30H21N7S/c1-2-9-22(10-3-1)37-27(23-11-6-7-14-32-23)28(36-18-13-21-8-4-5-12-25(21)36)26(24-20-31-15-16-33-24)35-29(37)30-34-17-19-38-30/h1-20,29H. The Kier molecular flexibility index (Phi) is 5.56. The Morgan fingerprint density at radius 3 is 2.32 bits per heavy atom. The lowest BCUT2D eigenvalue weighted by atomic mass is 10.0. The number of thiazole rings is 1. The van der Waals surface area contributed by atoms with Crippen molar-refractivity contribution in [2.45, 2.75) is 6.17 Å². The van der Waals surface area contributed by atoms with E-state index in [1.54, 1.807) is 29.9 Å². The summed E-state index contributed by atoms with van der Waals surface area (Å²) in [5.41, 5.74) is 6.08. The van der Waals surface area contributed by atoms with E-state index in [9.17, 15) is 0 Å². The van der Waals surface area contributed by atoms with Crippen molar-refractivity contribution in [2.75, 3.05) is 4.90 Å². The topological polar surface area (TPSA) is 72.1 Å². The van der Waals surface area contributed by atoms with Crippen LogP contribution in [0.1, 0.15) is 22.6 Å². The first kappa shape index (κ1) is 22.3. The number of pyridine rings is 1. The number of benzene rings is 2. The van der Waals surface area contributed by atoms with Gasteiger partial charge in [-0.1, -0.05) is 42.5 Å². The average Bonchev–Trinajstić information content (AvgIpc) is 3.68. The molecular formula is C30H21N7S. The summed E-state index contributed by atoms with van der Waals surface area (Å²) in [6.45, 7) is 0. The Labute approximate surface area is 223 Å². The Hall–Kier alpha value is -4.95. The third-order valence-corrected chi connectivity index (χ3v) is 7.26. The van der Waals surface area contributed by atoms with Crippen LogP contribution in [-0.2, 0) is 0 Å². The summed E-state index contributed by atoms with van der Waals surface area (Å²) in [6.07, 6.45) is 10.4. The van der Waals surface area contributed by atoms with Crippen molar-refractivity contribution in [1.82, 2.24) is 24.5 Å². The summed E-state index contributed by atoms with van der Waals surface area (Å²) in [4.78, 5) is 26.2. The number of rotatable bonds is 5. The van der Waals surface area contributed by atoms with E-state index in [0.717, 1.165) is 44.4 Å². The summed E-state index contributed by atoms with van der Waals surface area (Å²) in [7, 11) is 0. The molecule has 38 heavy (non-hydrogen) atoms. The molecule has 0 saturated heterocycles. The summed E-state index contributed by atoms with van der Waals surface area (Å²) < 4.78 is 2.18. The van der Waals surface area contributed by atoms with Crippen molar-refractivity contribution in [1.29, 1.82) is 0 Å². The van der Waals surface area contributed by atoms with E-state index in [-0.39, 0.29) is 0 Å². The number of aliphatic imine (C=N–C) groups is 1. The maximum Gasteiger partial charge on any atom is 0.178 e. The van der Waals surface area contributed by atoms with Gasteiger partial charge >= 0.3 is 0 Å². The molecule has 0 saturated carbocycles. The quantitative estimate of drug-likeness (QED) is 0.271. The highest BCUT2D eigenvalue weighted by Crippen LogP contribution is 2.44. The number of fused-ring (bicyclic) bond motifs is 1. The van der Waals surface area contributed by atoms with E-state index in [0.29, 0.717) is 5.69 Å². The van der Waals surface area contributed by atoms with Crippen LogP contribution in [0.3, 0.4) is 0 Å². The number of hydrogen-bond donors (Lipinski definition) is 0. The first-order chi connectivity index (χ1) is 18.9. The van der Waals surface area contributed by atoms with Gasteiger partial charge in [-0.15, -0.1) is 11.3 Å². The van der Waals surface area contributed by atoms with Gasteiger partial charge in [0.1, 0.15) is 16.4 Å². The van der Waals surface area contributed by atoms with Crippen molar-refractivity contribution < 1.29 is 0 Å². The number of hydrogen-bond acceptors (Lipinski definition) is 7. The maximum absolute atomic E-state index is 5.35. The summed E-state index contributed by atoms with van der Waals surface area (Å²) in [6, 6.07) is 26.7. The van der Waals surface area contributed by atoms with Gasteiger partial charge in [-0.05, 0) is 41.8 Å². The molecule has 1 aliphatic heterocycles. The smallest absolute Gasteiger partial charge is 0.178 e. The summed E-state index contributed by atoms with van der Waals surface area (Å²) >= 11 is 1.58. The molecule has 4 aromatic heterocycles. The van der Waals surface area contributed by atoms with Crippen molar-refractivity contribution in [3.8, 4) is 0 Å². The predicted molar refractivity (Wildman–Crippen MR) is 152 cm³/mol. The zero-order valence-electron chi connectivity index (χ0n) is 20.2. The molecule has 7 rings (SSSR count). The molecule has 0 bridgehead atoms. The lowest BCUT2D eigenvalue weighted by molar-refractivity contribution is 0.726. The number of nitrogens with zero attached hydrogens (tertiary/aromatic N) is 7. The van der Waals surface area contributed by atoms with Gasteiger partial charge in [0.15, 0.2) is 6.17 Å². The largest absolute Gasteiger partial charge is 0.313 e. The Morgan fingerprint density at radius 2 is 1.53 bits per heavy atom. The number of para-hydroxylation sites is 2. The number of allylic oxidation sites excluding steroid dienone is 1. The van der Waals surface area contributed by atoms with Crippen LogP contribution in [0.15, 0.2) is 126 Å². The molecule has 5 heterocycles. The Morgan fingerprint density at radius 1 is 0.684 bits per heavy atom. The van der Waals surface area contributed by atoms with E-state index in [1.807, 2.05) is 60.2 Å². The van der Waals surface area contributed by atoms with Gasteiger partial charge in [-0.25, -0.2) is 9.98 Å². The van der Waals surface area contributed by atoms with Crippen molar-refractivity contribution >= 4 is 45.0 Å². The second kappa shape index (κ2) is 9.49. The minimum atomic E-state index is -0.419. The minimum Gasteiger partial charge on any atom is -0.313 e. The fourth-order valence-corrected chi connectivity index (χ4v) is 5.50. The fraction of sp³-hybridized carbons (Fsp3) is 0.0333. The fourth-order valence-electron chi connectivity index (χ4n) is 4.84. The number of aromatic nitrogens is 5. The molecule has 7 nitrogen and oxygen atoms in total. The highest BCUT2D eigenvalue weighted by molar-refractivity contribution is 7.09. The molecule has 1 unspecified atom stereocenters. The molecule has 0 fully saturated rings. The third kappa shape index (κ3) is 3.79. The zero-order valence-corrected chi connectivity index (χ0v) is 21.0. The molecule has 0 aliphatic carbocycles. The Balaban J connectivity index is 1.62. The first-order valence-electron chi connectivity index (χ1n) is 12.2. The molecule has 182 valence electrons. The summed E-state index contributed by atoms with van der Waals surface area (Å²) in [5.74, 6) is 0. The van der Waals surface area contributed by atoms with Crippen molar-refractivity contribution in [3.05, 3.63) is 138 Å². The van der Waals surface area contributed by atoms with E-state index >= 15 is 0 Å². The minimum absolute atomic E-state index is 0.419.